The highest BCUT2D eigenvalue weighted by Gasteiger charge is 2.34. The molecule has 1 fully saturated rings. The first kappa shape index (κ1) is 25.9. The smallest absolute Gasteiger partial charge is 0.275 e. The molecule has 1 unspecified atom stereocenters. The molecule has 2 amide bonds. The summed E-state index contributed by atoms with van der Waals surface area (Å²) in [4.78, 5) is 40.7. The van der Waals surface area contributed by atoms with Crippen molar-refractivity contribution >= 4 is 29.0 Å². The number of pyridine rings is 1. The molecule has 180 valence electrons. The van der Waals surface area contributed by atoms with Gasteiger partial charge >= 0.3 is 0 Å². The standard InChI is InChI=1S/C19H20FN7O2.2C2H6.H2/c1-11-9-26-10-12(6-13(20)17(26)23-11)24-18(28)14-7-22-16(8-21-14)27-5-4-15(19(27)29)25(2)3;2*1-2;/h6-10,15H,4-5H2,1-3H3,(H,24,28);2*1-2H3;1H. The minimum absolute atomic E-state index is 0. The van der Waals surface area contributed by atoms with E-state index in [1.54, 1.807) is 24.2 Å². The number of aromatic nitrogens is 4. The van der Waals surface area contributed by atoms with Crippen molar-refractivity contribution in [2.24, 2.45) is 0 Å². The van der Waals surface area contributed by atoms with Gasteiger partial charge in [-0.05, 0) is 27.4 Å². The third-order valence-corrected chi connectivity index (χ3v) is 4.83. The van der Waals surface area contributed by atoms with Crippen LogP contribution in [0.4, 0.5) is 15.9 Å². The number of fused-ring (bicyclic) bond motifs is 1. The molecule has 1 N–H and O–H groups in total. The van der Waals surface area contributed by atoms with Gasteiger partial charge in [-0.1, -0.05) is 27.7 Å². The van der Waals surface area contributed by atoms with Gasteiger partial charge in [0.15, 0.2) is 17.3 Å². The van der Waals surface area contributed by atoms with Crippen LogP contribution in [0.2, 0.25) is 0 Å². The van der Waals surface area contributed by atoms with E-state index in [4.69, 9.17) is 0 Å². The molecule has 4 rings (SSSR count). The third-order valence-electron chi connectivity index (χ3n) is 4.83. The normalized spacial score (nSPS) is 15.1. The predicted octanol–water partition coefficient (Wildman–Crippen LogP) is 3.79. The highest BCUT2D eigenvalue weighted by atomic mass is 19.1. The Hall–Kier alpha value is -3.40. The van der Waals surface area contributed by atoms with E-state index < -0.39 is 11.7 Å². The number of carbonyl (C=O) groups is 2. The molecule has 33 heavy (non-hydrogen) atoms. The first-order chi connectivity index (χ1) is 15.8. The van der Waals surface area contributed by atoms with Crippen LogP contribution in [-0.2, 0) is 4.79 Å². The van der Waals surface area contributed by atoms with Crippen LogP contribution in [0.3, 0.4) is 0 Å². The summed E-state index contributed by atoms with van der Waals surface area (Å²) in [6.45, 7) is 10.3. The molecule has 1 aliphatic rings. The number of nitrogens with zero attached hydrogens (tertiary/aromatic N) is 6. The maximum atomic E-state index is 14.2. The van der Waals surface area contributed by atoms with Crippen LogP contribution in [-0.4, -0.2) is 62.7 Å². The van der Waals surface area contributed by atoms with E-state index in [9.17, 15) is 14.0 Å². The molecule has 0 saturated carbocycles. The van der Waals surface area contributed by atoms with Crippen molar-refractivity contribution in [1.82, 2.24) is 24.3 Å². The predicted molar refractivity (Wildman–Crippen MR) is 129 cm³/mol. The van der Waals surface area contributed by atoms with Crippen LogP contribution in [0, 0.1) is 12.7 Å². The van der Waals surface area contributed by atoms with Crippen molar-refractivity contribution in [1.29, 1.82) is 0 Å². The molecule has 0 radical (unpaired) electrons. The number of carbonyl (C=O) groups excluding carboxylic acids is 2. The van der Waals surface area contributed by atoms with Gasteiger partial charge in [0.1, 0.15) is 5.69 Å². The molecule has 0 bridgehead atoms. The zero-order chi connectivity index (χ0) is 24.7. The van der Waals surface area contributed by atoms with Crippen molar-refractivity contribution in [3.8, 4) is 0 Å². The molecule has 10 heteroatoms. The fourth-order valence-electron chi connectivity index (χ4n) is 3.39. The lowest BCUT2D eigenvalue weighted by molar-refractivity contribution is -0.120. The Morgan fingerprint density at radius 3 is 2.45 bits per heavy atom. The zero-order valence-electron chi connectivity index (χ0n) is 20.3. The SMILES string of the molecule is CC.CC.Cc1cn2cc(NC(=O)c3cnc(N4CCC(N(C)C)C4=O)cn3)cc(F)c2n1.[HH]. The van der Waals surface area contributed by atoms with E-state index in [2.05, 4.69) is 20.3 Å². The molecular weight excluding hydrogens is 425 g/mol. The van der Waals surface area contributed by atoms with Gasteiger partial charge in [0, 0.05) is 26.4 Å². The summed E-state index contributed by atoms with van der Waals surface area (Å²) < 4.78 is 15.7. The molecule has 4 heterocycles. The number of hydrogen-bond donors (Lipinski definition) is 1. The number of imidazole rings is 1. The van der Waals surface area contributed by atoms with E-state index in [1.165, 1.54) is 22.9 Å². The highest BCUT2D eigenvalue weighted by molar-refractivity contribution is 6.03. The lowest BCUT2D eigenvalue weighted by atomic mass is 10.2. The summed E-state index contributed by atoms with van der Waals surface area (Å²) in [6.07, 6.45) is 6.64. The Morgan fingerprint density at radius 1 is 1.18 bits per heavy atom. The maximum Gasteiger partial charge on any atom is 0.275 e. The summed E-state index contributed by atoms with van der Waals surface area (Å²) >= 11 is 0. The molecule has 0 aliphatic carbocycles. The topological polar surface area (TPSA) is 95.7 Å². The van der Waals surface area contributed by atoms with Gasteiger partial charge in [-0.2, -0.15) is 0 Å². The largest absolute Gasteiger partial charge is 0.319 e. The quantitative estimate of drug-likeness (QED) is 0.638. The number of hydrogen-bond acceptors (Lipinski definition) is 6. The summed E-state index contributed by atoms with van der Waals surface area (Å²) in [5.41, 5.74) is 1.19. The van der Waals surface area contributed by atoms with Crippen LogP contribution in [0.5, 0.6) is 0 Å². The van der Waals surface area contributed by atoms with E-state index in [0.29, 0.717) is 24.5 Å². The van der Waals surface area contributed by atoms with E-state index >= 15 is 0 Å². The monoisotopic (exact) mass is 459 g/mol. The molecular formula is C23H34FN7O2. The second-order valence-corrected chi connectivity index (χ2v) is 7.16. The maximum absolute atomic E-state index is 14.2. The number of aryl methyl sites for hydroxylation is 1. The van der Waals surface area contributed by atoms with Crippen LogP contribution in [0.1, 0.15) is 51.7 Å². The zero-order valence-corrected chi connectivity index (χ0v) is 20.3. The number of likely N-dealkylation sites (N-methyl/N-ethyl adjacent to an activating group) is 1. The van der Waals surface area contributed by atoms with Crippen molar-refractivity contribution in [2.75, 3.05) is 30.9 Å². The van der Waals surface area contributed by atoms with Gasteiger partial charge < -0.3 is 9.72 Å². The highest BCUT2D eigenvalue weighted by Crippen LogP contribution is 2.21. The van der Waals surface area contributed by atoms with Crippen LogP contribution in [0.15, 0.2) is 30.9 Å². The lowest BCUT2D eigenvalue weighted by Crippen LogP contribution is -2.37. The molecule has 1 aliphatic heterocycles. The van der Waals surface area contributed by atoms with Gasteiger partial charge in [0.2, 0.25) is 5.91 Å². The van der Waals surface area contributed by atoms with Crippen molar-refractivity contribution < 1.29 is 15.4 Å². The van der Waals surface area contributed by atoms with E-state index in [0.717, 1.165) is 0 Å². The molecule has 3 aromatic rings. The fraction of sp³-hybridized carbons (Fsp3) is 0.435. The van der Waals surface area contributed by atoms with E-state index in [1.807, 2.05) is 46.7 Å². The number of halogens is 1. The number of amides is 2. The molecule has 1 saturated heterocycles. The fourth-order valence-corrected chi connectivity index (χ4v) is 3.39. The number of anilines is 2. The second-order valence-electron chi connectivity index (χ2n) is 7.16. The molecule has 0 spiro atoms. The first-order valence-electron chi connectivity index (χ1n) is 11.1. The minimum Gasteiger partial charge on any atom is -0.319 e. The van der Waals surface area contributed by atoms with Crippen molar-refractivity contribution in [2.45, 2.75) is 47.1 Å². The Bertz CT molecular complexity index is 1100. The Labute approximate surface area is 195 Å². The summed E-state index contributed by atoms with van der Waals surface area (Å²) in [5.74, 6) is -0.711. The summed E-state index contributed by atoms with van der Waals surface area (Å²) in [6, 6.07) is 1.02. The number of nitrogens with one attached hydrogen (secondary N) is 1. The van der Waals surface area contributed by atoms with Crippen LogP contribution in [0.25, 0.3) is 5.65 Å². The Morgan fingerprint density at radius 2 is 1.88 bits per heavy atom. The molecule has 3 aromatic heterocycles. The number of rotatable bonds is 4. The van der Waals surface area contributed by atoms with Crippen molar-refractivity contribution in [3.05, 3.63) is 48.1 Å². The Balaban J connectivity index is 0.00000110. The third kappa shape index (κ3) is 5.70. The van der Waals surface area contributed by atoms with Gasteiger partial charge in [-0.15, -0.1) is 0 Å². The summed E-state index contributed by atoms with van der Waals surface area (Å²) in [5, 5.41) is 2.60. The average molecular weight is 460 g/mol. The van der Waals surface area contributed by atoms with Gasteiger partial charge in [-0.25, -0.2) is 19.3 Å². The van der Waals surface area contributed by atoms with Gasteiger partial charge in [0.05, 0.1) is 29.8 Å². The molecule has 9 nitrogen and oxygen atoms in total. The lowest BCUT2D eigenvalue weighted by Gasteiger charge is -2.19. The van der Waals surface area contributed by atoms with Crippen molar-refractivity contribution in [3.63, 3.8) is 0 Å². The second kappa shape index (κ2) is 11.5. The summed E-state index contributed by atoms with van der Waals surface area (Å²) in [7, 11) is 3.72. The van der Waals surface area contributed by atoms with Gasteiger partial charge in [0.25, 0.3) is 5.91 Å². The van der Waals surface area contributed by atoms with Crippen LogP contribution < -0.4 is 10.2 Å². The minimum atomic E-state index is -0.541. The first-order valence-corrected chi connectivity index (χ1v) is 11.1. The molecule has 0 aromatic carbocycles. The van der Waals surface area contributed by atoms with Gasteiger partial charge in [-0.3, -0.25) is 19.4 Å². The Kier molecular flexibility index (Phi) is 8.98. The molecule has 1 atom stereocenters. The van der Waals surface area contributed by atoms with Crippen LogP contribution >= 0.6 is 0 Å². The van der Waals surface area contributed by atoms with E-state index in [-0.39, 0.29) is 30.4 Å². The average Bonchev–Trinajstić information content (AvgIpc) is 3.39.